The maximum atomic E-state index is 13.6. The highest BCUT2D eigenvalue weighted by Crippen LogP contribution is 2.30. The molecular formula is C27H28N4O4. The number of aromatic amines is 1. The molecule has 8 heteroatoms. The molecule has 8 nitrogen and oxygen atoms in total. The molecule has 6 rings (SSSR count). The predicted molar refractivity (Wildman–Crippen MR) is 132 cm³/mol. The van der Waals surface area contributed by atoms with Gasteiger partial charge in [-0.2, -0.15) is 0 Å². The quantitative estimate of drug-likeness (QED) is 0.492. The van der Waals surface area contributed by atoms with Crippen molar-refractivity contribution in [1.29, 1.82) is 0 Å². The van der Waals surface area contributed by atoms with Gasteiger partial charge in [0, 0.05) is 37.8 Å². The fourth-order valence-electron chi connectivity index (χ4n) is 5.42. The molecule has 2 aliphatic rings. The first-order valence-electron chi connectivity index (χ1n) is 12.1. The zero-order valence-corrected chi connectivity index (χ0v) is 20.0. The third-order valence-corrected chi connectivity index (χ3v) is 7.38. The van der Waals surface area contributed by atoms with Crippen LogP contribution in [0.2, 0.25) is 0 Å². The molecule has 1 amide bonds. The lowest BCUT2D eigenvalue weighted by molar-refractivity contribution is 0.0734. The minimum Gasteiger partial charge on any atom is -0.497 e. The highest BCUT2D eigenvalue weighted by Gasteiger charge is 2.26. The monoisotopic (exact) mass is 472 g/mol. The van der Waals surface area contributed by atoms with Gasteiger partial charge in [-0.25, -0.2) is 4.98 Å². The lowest BCUT2D eigenvalue weighted by atomic mass is 9.97. The van der Waals surface area contributed by atoms with Crippen LogP contribution in [-0.4, -0.2) is 52.0 Å². The maximum Gasteiger partial charge on any atom is 0.274 e. The van der Waals surface area contributed by atoms with Crippen molar-refractivity contribution < 1.29 is 14.3 Å². The fraction of sp³-hybridized carbons (Fsp3) is 0.370. The van der Waals surface area contributed by atoms with E-state index in [1.807, 2.05) is 40.5 Å². The van der Waals surface area contributed by atoms with E-state index in [2.05, 4.69) is 16.0 Å². The fourth-order valence-corrected chi connectivity index (χ4v) is 5.42. The average molecular weight is 473 g/mol. The lowest BCUT2D eigenvalue weighted by Gasteiger charge is -2.29. The van der Waals surface area contributed by atoms with E-state index in [1.165, 1.54) is 5.56 Å². The molecule has 0 aliphatic carbocycles. The molecule has 0 unspecified atom stereocenters. The summed E-state index contributed by atoms with van der Waals surface area (Å²) in [6.07, 6.45) is 4.21. The summed E-state index contributed by atoms with van der Waals surface area (Å²) in [5.74, 6) is 1.89. The number of carbonyl (C=O) groups is 1. The number of benzene rings is 2. The Kier molecular flexibility index (Phi) is 5.33. The van der Waals surface area contributed by atoms with Crippen LogP contribution < -0.4 is 10.3 Å². The van der Waals surface area contributed by atoms with Crippen molar-refractivity contribution in [2.45, 2.75) is 38.6 Å². The van der Waals surface area contributed by atoms with E-state index in [0.29, 0.717) is 42.9 Å². The van der Waals surface area contributed by atoms with E-state index in [4.69, 9.17) is 9.47 Å². The number of imidazole rings is 1. The normalized spacial score (nSPS) is 16.6. The number of fused-ring (bicyclic) bond motifs is 4. The van der Waals surface area contributed by atoms with Crippen molar-refractivity contribution in [3.63, 3.8) is 0 Å². The van der Waals surface area contributed by atoms with E-state index >= 15 is 0 Å². The number of carbonyl (C=O) groups excluding carboxylic acids is 1. The van der Waals surface area contributed by atoms with Gasteiger partial charge in [-0.05, 0) is 67.1 Å². The van der Waals surface area contributed by atoms with Crippen molar-refractivity contribution in [2.75, 3.05) is 26.9 Å². The van der Waals surface area contributed by atoms with Gasteiger partial charge in [0.1, 0.15) is 17.1 Å². The van der Waals surface area contributed by atoms with E-state index in [0.717, 1.165) is 47.5 Å². The highest BCUT2D eigenvalue weighted by molar-refractivity contribution is 5.99. The Morgan fingerprint density at radius 1 is 1.14 bits per heavy atom. The molecule has 0 bridgehead atoms. The van der Waals surface area contributed by atoms with Gasteiger partial charge in [-0.15, -0.1) is 0 Å². The van der Waals surface area contributed by atoms with Crippen LogP contribution in [0.15, 0.2) is 41.3 Å². The van der Waals surface area contributed by atoms with Crippen LogP contribution in [0.25, 0.3) is 16.6 Å². The van der Waals surface area contributed by atoms with Crippen LogP contribution in [0.3, 0.4) is 0 Å². The smallest absolute Gasteiger partial charge is 0.274 e. The van der Waals surface area contributed by atoms with E-state index < -0.39 is 0 Å². The number of aryl methyl sites for hydroxylation is 1. The van der Waals surface area contributed by atoms with Crippen LogP contribution in [0, 0.1) is 6.92 Å². The van der Waals surface area contributed by atoms with Gasteiger partial charge in [0.25, 0.3) is 11.5 Å². The van der Waals surface area contributed by atoms with Crippen LogP contribution in [0.5, 0.6) is 5.75 Å². The van der Waals surface area contributed by atoms with Crippen LogP contribution in [0.4, 0.5) is 0 Å². The number of hydrogen-bond acceptors (Lipinski definition) is 5. The molecule has 35 heavy (non-hydrogen) atoms. The number of ether oxygens (including phenoxy) is 2. The summed E-state index contributed by atoms with van der Waals surface area (Å²) in [5, 5.41) is 0. The Morgan fingerprint density at radius 3 is 2.77 bits per heavy atom. The van der Waals surface area contributed by atoms with E-state index in [-0.39, 0.29) is 17.4 Å². The number of hydrogen-bond donors (Lipinski definition) is 1. The number of nitrogens with zero attached hydrogens (tertiary/aromatic N) is 3. The Labute approximate surface area is 202 Å². The number of aromatic nitrogens is 3. The van der Waals surface area contributed by atoms with Gasteiger partial charge in [0.05, 0.1) is 24.3 Å². The largest absolute Gasteiger partial charge is 0.497 e. The molecule has 0 saturated carbocycles. The average Bonchev–Trinajstić information content (AvgIpc) is 3.34. The summed E-state index contributed by atoms with van der Waals surface area (Å²) in [6.45, 7) is 4.54. The van der Waals surface area contributed by atoms with Crippen molar-refractivity contribution >= 4 is 22.5 Å². The zero-order chi connectivity index (χ0) is 24.1. The first-order chi connectivity index (χ1) is 17.0. The van der Waals surface area contributed by atoms with Crippen LogP contribution in [0.1, 0.15) is 51.6 Å². The lowest BCUT2D eigenvalue weighted by Crippen LogP contribution is -2.36. The Morgan fingerprint density at radius 2 is 1.97 bits per heavy atom. The SMILES string of the molecule is COc1ccc2c(c1)CN(C(=O)c1cc3[nH]c(=O)c4cnc(C5CCOCC5)n4c3cc1C)CC2. The summed E-state index contributed by atoms with van der Waals surface area (Å²) in [7, 11) is 1.65. The van der Waals surface area contributed by atoms with Gasteiger partial charge in [0.15, 0.2) is 0 Å². The molecule has 4 aromatic rings. The van der Waals surface area contributed by atoms with Crippen LogP contribution >= 0.6 is 0 Å². The molecule has 2 aromatic carbocycles. The second-order valence-electron chi connectivity index (χ2n) is 9.47. The molecule has 0 spiro atoms. The second kappa shape index (κ2) is 8.53. The van der Waals surface area contributed by atoms with Gasteiger partial charge in [0.2, 0.25) is 0 Å². The summed E-state index contributed by atoms with van der Waals surface area (Å²) >= 11 is 0. The standard InChI is InChI=1S/C27H28N4O4/c1-16-11-23-22(29-26(32)24-14-28-25(31(23)24)18-6-9-35-10-7-18)13-21(16)27(33)30-8-5-17-3-4-20(34-2)12-19(17)15-30/h3-4,11-14,18H,5-10,15H2,1-2H3,(H,29,32). The molecule has 2 aliphatic heterocycles. The molecule has 0 radical (unpaired) electrons. The van der Waals surface area contributed by atoms with Gasteiger partial charge >= 0.3 is 0 Å². The van der Waals surface area contributed by atoms with Crippen LogP contribution in [-0.2, 0) is 17.7 Å². The minimum atomic E-state index is -0.204. The topological polar surface area (TPSA) is 88.9 Å². The van der Waals surface area contributed by atoms with Crippen molar-refractivity contribution in [3.05, 3.63) is 75.0 Å². The first-order valence-corrected chi connectivity index (χ1v) is 12.1. The summed E-state index contributed by atoms with van der Waals surface area (Å²) in [4.78, 5) is 36.0. The number of H-pyrrole nitrogens is 1. The third-order valence-electron chi connectivity index (χ3n) is 7.38. The van der Waals surface area contributed by atoms with Gasteiger partial charge < -0.3 is 19.4 Å². The predicted octanol–water partition coefficient (Wildman–Crippen LogP) is 3.59. The molecular weight excluding hydrogens is 444 g/mol. The van der Waals surface area contributed by atoms with Gasteiger partial charge in [-0.1, -0.05) is 6.07 Å². The van der Waals surface area contributed by atoms with E-state index in [1.54, 1.807) is 13.3 Å². The molecule has 1 saturated heterocycles. The maximum absolute atomic E-state index is 13.6. The Bertz CT molecular complexity index is 1510. The minimum absolute atomic E-state index is 0.0332. The summed E-state index contributed by atoms with van der Waals surface area (Å²) < 4.78 is 12.9. The molecule has 2 aromatic heterocycles. The van der Waals surface area contributed by atoms with E-state index in [9.17, 15) is 9.59 Å². The number of rotatable bonds is 3. The third kappa shape index (κ3) is 3.69. The van der Waals surface area contributed by atoms with Crippen molar-refractivity contribution in [3.8, 4) is 5.75 Å². The molecule has 0 atom stereocenters. The van der Waals surface area contributed by atoms with Crippen molar-refractivity contribution in [1.82, 2.24) is 19.3 Å². The number of amides is 1. The summed E-state index contributed by atoms with van der Waals surface area (Å²) in [6, 6.07) is 9.87. The van der Waals surface area contributed by atoms with Gasteiger partial charge in [-0.3, -0.25) is 14.0 Å². The Balaban J connectivity index is 1.40. The molecule has 1 N–H and O–H groups in total. The first kappa shape index (κ1) is 21.9. The zero-order valence-electron chi connectivity index (χ0n) is 20.0. The van der Waals surface area contributed by atoms with Crippen molar-refractivity contribution in [2.24, 2.45) is 0 Å². The molecule has 4 heterocycles. The Hall–Kier alpha value is -3.65. The highest BCUT2D eigenvalue weighted by atomic mass is 16.5. The second-order valence-corrected chi connectivity index (χ2v) is 9.47. The summed E-state index contributed by atoms with van der Waals surface area (Å²) in [5.41, 5.74) is 5.66. The number of methoxy groups -OCH3 is 1. The number of nitrogens with one attached hydrogen (secondary N) is 1. The molecule has 180 valence electrons. The molecule has 1 fully saturated rings.